The lowest BCUT2D eigenvalue weighted by Crippen LogP contribution is -2.30. The van der Waals surface area contributed by atoms with Crippen LogP contribution in [-0.4, -0.2) is 74.4 Å². The summed E-state index contributed by atoms with van der Waals surface area (Å²) < 4.78 is 113. The smallest absolute Gasteiger partial charge is 0.416 e. The van der Waals surface area contributed by atoms with Gasteiger partial charge in [-0.05, 0) is 62.7 Å². The maximum absolute atomic E-state index is 13.5. The summed E-state index contributed by atoms with van der Waals surface area (Å²) in [5, 5.41) is 22.1. The number of alkyl halides is 3. The van der Waals surface area contributed by atoms with Crippen molar-refractivity contribution >= 4 is 52.1 Å². The van der Waals surface area contributed by atoms with E-state index in [-0.39, 0.29) is 52.9 Å². The Hall–Kier alpha value is -5.48. The minimum atomic E-state index is -4.52. The first-order valence-corrected chi connectivity index (χ1v) is 20.0. The molecular weight excluding hydrogens is 836 g/mol. The second-order valence-electron chi connectivity index (χ2n) is 11.5. The normalized spacial score (nSPS) is 12.9. The van der Waals surface area contributed by atoms with Crippen molar-refractivity contribution in [1.82, 2.24) is 19.6 Å². The number of fused-ring (bicyclic) bond motifs is 1. The van der Waals surface area contributed by atoms with Crippen molar-refractivity contribution in [2.24, 2.45) is 5.73 Å². The zero-order valence-electron chi connectivity index (χ0n) is 29.6. The lowest BCUT2D eigenvalue weighted by Gasteiger charge is -2.12. The molecule has 17 nitrogen and oxygen atoms in total. The average Bonchev–Trinajstić information content (AvgIpc) is 3.54. The number of carbonyl (C=O) groups is 1. The number of nitrogens with zero attached hydrogens (tertiary/aromatic N) is 5. The van der Waals surface area contributed by atoms with Crippen molar-refractivity contribution in [1.29, 1.82) is 0 Å². The highest BCUT2D eigenvalue weighted by molar-refractivity contribution is 7.92. The number of carboxylic acid groups (broad SMARTS) is 1. The Morgan fingerprint density at radius 2 is 1.75 bits per heavy atom. The molecule has 5 N–H and O–H groups in total. The predicted octanol–water partition coefficient (Wildman–Crippen LogP) is 6.66. The molecule has 0 amide bonds. The van der Waals surface area contributed by atoms with Gasteiger partial charge in [-0.3, -0.25) is 24.2 Å². The molecule has 0 fully saturated rings. The highest BCUT2D eigenvalue weighted by Gasteiger charge is 2.31. The minimum absolute atomic E-state index is 0.0111. The molecule has 0 aliphatic rings. The summed E-state index contributed by atoms with van der Waals surface area (Å²) in [5.41, 5.74) is 3.78. The molecule has 0 spiro atoms. The van der Waals surface area contributed by atoms with E-state index in [1.807, 2.05) is 0 Å². The summed E-state index contributed by atoms with van der Waals surface area (Å²) in [6.45, 7) is 4.74. The Morgan fingerprint density at radius 1 is 1.11 bits per heavy atom. The van der Waals surface area contributed by atoms with E-state index in [1.54, 1.807) is 24.6 Å². The number of aromatic nitrogens is 4. The van der Waals surface area contributed by atoms with Gasteiger partial charge in [0, 0.05) is 36.9 Å². The maximum atomic E-state index is 13.5. The number of anilines is 1. The standard InChI is InChI=1S/C15H11ClF3NO4.C12H9F2N5O2S.C5H12NO4P/c1-2-23-14-8-10(4-5-12(14)20(21)22)24-13-6-3-9(7-11(13)16)15(17,18)19;1-7-5-6-19-11(15-7)16-12(17-19)22(20,21)18-10-8(13)3-2-4-9(10)14;1-11(9,10)3-2-4(6)5(7)8/h3-8H,2H2,1H3;2-6,18H,1H3;4H,2-3,6H2,1H3,(H,7,8)(H,9,10). The summed E-state index contributed by atoms with van der Waals surface area (Å²) >= 11 is 5.80. The second-order valence-corrected chi connectivity index (χ2v) is 16.0. The Labute approximate surface area is 324 Å². The highest BCUT2D eigenvalue weighted by Crippen LogP contribution is 2.39. The van der Waals surface area contributed by atoms with E-state index in [0.29, 0.717) is 5.69 Å². The number of aryl methyl sites for hydroxylation is 1. The molecule has 0 saturated heterocycles. The summed E-state index contributed by atoms with van der Waals surface area (Å²) in [6, 6.07) is 9.97. The molecule has 0 aliphatic heterocycles. The Balaban J connectivity index is 0.000000245. The van der Waals surface area contributed by atoms with Crippen LogP contribution in [0.1, 0.15) is 24.6 Å². The number of ether oxygens (including phenoxy) is 2. The number of nitrogens with two attached hydrogens (primary N) is 1. The number of sulfonamides is 1. The topological polar surface area (TPSA) is 251 Å². The van der Waals surface area contributed by atoms with Crippen molar-refractivity contribution < 1.29 is 64.1 Å². The van der Waals surface area contributed by atoms with Gasteiger partial charge in [0.15, 0.2) is 7.37 Å². The summed E-state index contributed by atoms with van der Waals surface area (Å²) in [5.74, 6) is -3.04. The third-order valence-electron chi connectivity index (χ3n) is 6.85. The van der Waals surface area contributed by atoms with E-state index in [0.717, 1.165) is 40.9 Å². The molecule has 5 aromatic rings. The lowest BCUT2D eigenvalue weighted by molar-refractivity contribution is -0.385. The highest BCUT2D eigenvalue weighted by atomic mass is 35.5. The van der Waals surface area contributed by atoms with Crippen molar-refractivity contribution in [2.45, 2.75) is 37.6 Å². The van der Waals surface area contributed by atoms with Crippen LogP contribution in [0.3, 0.4) is 0 Å². The van der Waals surface area contributed by atoms with Crippen LogP contribution in [-0.2, 0) is 25.6 Å². The summed E-state index contributed by atoms with van der Waals surface area (Å²) in [7, 11) is -7.45. The van der Waals surface area contributed by atoms with Crippen LogP contribution in [0.5, 0.6) is 17.2 Å². The first-order valence-electron chi connectivity index (χ1n) is 15.8. The SMILES string of the molecule is CCOc1cc(Oc2ccc(C(F)(F)F)cc2Cl)ccc1[N+](=O)[O-].CP(=O)(O)CCC(N)C(=O)O.Cc1ccn2nc(S(=O)(=O)Nc3c(F)cccc3F)nc2n1. The van der Waals surface area contributed by atoms with Gasteiger partial charge in [0.1, 0.15) is 34.9 Å². The summed E-state index contributed by atoms with van der Waals surface area (Å²) in [4.78, 5) is 36.9. The maximum Gasteiger partial charge on any atom is 0.416 e. The molecular formula is C32H32ClF5N7O10PS. The Kier molecular flexibility index (Phi) is 15.4. The third kappa shape index (κ3) is 13.6. The molecule has 308 valence electrons. The van der Waals surface area contributed by atoms with E-state index in [2.05, 4.69) is 15.1 Å². The Morgan fingerprint density at radius 3 is 2.30 bits per heavy atom. The largest absolute Gasteiger partial charge is 0.487 e. The molecule has 2 aromatic heterocycles. The number of rotatable bonds is 12. The third-order valence-corrected chi connectivity index (χ3v) is 9.36. The first-order chi connectivity index (χ1) is 26.4. The van der Waals surface area contributed by atoms with Crippen LogP contribution in [0.2, 0.25) is 5.02 Å². The van der Waals surface area contributed by atoms with Gasteiger partial charge in [-0.25, -0.2) is 18.3 Å². The van der Waals surface area contributed by atoms with Crippen LogP contribution < -0.4 is 19.9 Å². The molecule has 2 atom stereocenters. The van der Waals surface area contributed by atoms with Gasteiger partial charge in [-0.1, -0.05) is 17.7 Å². The second kappa shape index (κ2) is 19.1. The molecule has 2 unspecified atom stereocenters. The minimum Gasteiger partial charge on any atom is -0.487 e. The summed E-state index contributed by atoms with van der Waals surface area (Å²) in [6.07, 6.45) is -3.04. The number of benzene rings is 3. The molecule has 0 saturated carbocycles. The van der Waals surface area contributed by atoms with Crippen LogP contribution in [0.4, 0.5) is 33.3 Å². The fourth-order valence-electron chi connectivity index (χ4n) is 4.10. The van der Waals surface area contributed by atoms with Gasteiger partial charge < -0.3 is 25.2 Å². The fourth-order valence-corrected chi connectivity index (χ4v) is 6.03. The van der Waals surface area contributed by atoms with E-state index in [1.165, 1.54) is 31.1 Å². The lowest BCUT2D eigenvalue weighted by atomic mass is 10.2. The zero-order valence-corrected chi connectivity index (χ0v) is 32.1. The number of halogens is 6. The average molecular weight is 868 g/mol. The van der Waals surface area contributed by atoms with E-state index in [9.17, 15) is 49.8 Å². The number of nitro benzene ring substituents is 1. The van der Waals surface area contributed by atoms with Crippen LogP contribution >= 0.6 is 19.0 Å². The van der Waals surface area contributed by atoms with Crippen LogP contribution in [0.25, 0.3) is 5.78 Å². The number of nitro groups is 1. The molecule has 0 radical (unpaired) electrons. The molecule has 5 rings (SSSR count). The Bertz CT molecular complexity index is 2380. The van der Waals surface area contributed by atoms with Crippen molar-refractivity contribution in [3.63, 3.8) is 0 Å². The van der Waals surface area contributed by atoms with E-state index < -0.39 is 68.5 Å². The fraction of sp³-hybridized carbons (Fsp3) is 0.250. The zero-order chi connectivity index (χ0) is 42.9. The monoisotopic (exact) mass is 867 g/mol. The first kappa shape index (κ1) is 45.9. The molecule has 0 bridgehead atoms. The van der Waals surface area contributed by atoms with Gasteiger partial charge in [0.25, 0.3) is 21.0 Å². The van der Waals surface area contributed by atoms with Gasteiger partial charge >= 0.3 is 17.8 Å². The number of para-hydroxylation sites is 1. The van der Waals surface area contributed by atoms with Gasteiger partial charge in [0.05, 0.1) is 22.1 Å². The van der Waals surface area contributed by atoms with Crippen molar-refractivity contribution in [3.05, 3.63) is 105 Å². The van der Waals surface area contributed by atoms with Crippen molar-refractivity contribution in [3.8, 4) is 17.2 Å². The van der Waals surface area contributed by atoms with Gasteiger partial charge in [0.2, 0.25) is 5.75 Å². The number of hydrogen-bond acceptors (Lipinski definition) is 12. The van der Waals surface area contributed by atoms with Gasteiger partial charge in [-0.15, -0.1) is 5.10 Å². The number of aliphatic carboxylic acids is 1. The number of nitrogens with one attached hydrogen (secondary N) is 1. The molecule has 57 heavy (non-hydrogen) atoms. The number of carboxylic acids is 1. The van der Waals surface area contributed by atoms with Crippen LogP contribution in [0, 0.1) is 28.7 Å². The van der Waals surface area contributed by atoms with E-state index >= 15 is 0 Å². The van der Waals surface area contributed by atoms with Crippen LogP contribution in [0.15, 0.2) is 72.0 Å². The predicted molar refractivity (Wildman–Crippen MR) is 194 cm³/mol. The quantitative estimate of drug-likeness (QED) is 0.0443. The van der Waals surface area contributed by atoms with Crippen molar-refractivity contribution in [2.75, 3.05) is 24.2 Å². The molecule has 2 heterocycles. The molecule has 3 aromatic carbocycles. The van der Waals surface area contributed by atoms with Gasteiger partial charge in [-0.2, -0.15) is 26.6 Å². The molecule has 25 heteroatoms. The van der Waals surface area contributed by atoms with E-state index in [4.69, 9.17) is 36.8 Å². The number of hydrogen-bond donors (Lipinski definition) is 4. The molecule has 0 aliphatic carbocycles.